The molecule has 1 aromatic carbocycles. The van der Waals surface area contributed by atoms with Gasteiger partial charge in [-0.15, -0.1) is 0 Å². The van der Waals surface area contributed by atoms with Crippen molar-refractivity contribution in [3.8, 4) is 5.75 Å². The number of aryl methyl sites for hydroxylation is 2. The maximum atomic E-state index is 6.05. The van der Waals surface area contributed by atoms with Crippen LogP contribution >= 0.6 is 27.5 Å². The highest BCUT2D eigenvalue weighted by Gasteiger charge is 2.14. The number of nitrogens with one attached hydrogen (secondary N) is 1. The molecule has 0 bridgehead atoms. The largest absolute Gasteiger partial charge is 0.495 e. The Morgan fingerprint density at radius 2 is 2.14 bits per heavy atom. The standard InChI is InChI=1S/C15H19BrClN3O/c1-4-11-15(16)13(20(5-2)19-11)9-18-12-8-10(17)6-7-14(12)21-3/h6-8,18H,4-5,9H2,1-3H3. The van der Waals surface area contributed by atoms with E-state index in [9.17, 15) is 0 Å². The molecule has 0 fully saturated rings. The van der Waals surface area contributed by atoms with Crippen LogP contribution in [0.15, 0.2) is 22.7 Å². The summed E-state index contributed by atoms with van der Waals surface area (Å²) in [6.07, 6.45) is 0.904. The number of ether oxygens (including phenoxy) is 1. The topological polar surface area (TPSA) is 39.1 Å². The van der Waals surface area contributed by atoms with E-state index in [1.54, 1.807) is 7.11 Å². The summed E-state index contributed by atoms with van der Waals surface area (Å²) in [6, 6.07) is 5.53. The number of nitrogens with zero attached hydrogens (tertiary/aromatic N) is 2. The Morgan fingerprint density at radius 1 is 1.38 bits per heavy atom. The molecule has 0 saturated carbocycles. The lowest BCUT2D eigenvalue weighted by Gasteiger charge is -2.12. The highest BCUT2D eigenvalue weighted by molar-refractivity contribution is 9.10. The second kappa shape index (κ2) is 7.18. The van der Waals surface area contributed by atoms with Crippen LogP contribution < -0.4 is 10.1 Å². The average molecular weight is 373 g/mol. The van der Waals surface area contributed by atoms with E-state index in [0.29, 0.717) is 11.6 Å². The molecular weight excluding hydrogens is 354 g/mol. The van der Waals surface area contributed by atoms with Gasteiger partial charge >= 0.3 is 0 Å². The lowest BCUT2D eigenvalue weighted by Crippen LogP contribution is -2.09. The fourth-order valence-corrected chi connectivity index (χ4v) is 3.06. The first-order valence-corrected chi connectivity index (χ1v) is 8.09. The van der Waals surface area contributed by atoms with Crippen LogP contribution in [-0.4, -0.2) is 16.9 Å². The Kier molecular flexibility index (Phi) is 5.53. The summed E-state index contributed by atoms with van der Waals surface area (Å²) in [7, 11) is 1.65. The van der Waals surface area contributed by atoms with Crippen LogP contribution in [0.4, 0.5) is 5.69 Å². The van der Waals surface area contributed by atoms with Gasteiger partial charge in [0.1, 0.15) is 5.75 Å². The molecule has 0 saturated heterocycles. The molecule has 0 atom stereocenters. The maximum Gasteiger partial charge on any atom is 0.142 e. The summed E-state index contributed by atoms with van der Waals surface area (Å²) in [5, 5.41) is 8.64. The molecule has 1 N–H and O–H groups in total. The number of aromatic nitrogens is 2. The van der Waals surface area contributed by atoms with E-state index in [-0.39, 0.29) is 0 Å². The Bertz CT molecular complexity index is 628. The highest BCUT2D eigenvalue weighted by atomic mass is 79.9. The molecule has 2 aromatic rings. The molecule has 1 aromatic heterocycles. The third-order valence-electron chi connectivity index (χ3n) is 3.30. The smallest absolute Gasteiger partial charge is 0.142 e. The van der Waals surface area contributed by atoms with Crippen molar-refractivity contribution in [2.24, 2.45) is 0 Å². The van der Waals surface area contributed by atoms with E-state index in [0.717, 1.165) is 40.3 Å². The maximum absolute atomic E-state index is 6.05. The molecular formula is C15H19BrClN3O. The van der Waals surface area contributed by atoms with Crippen LogP contribution in [-0.2, 0) is 19.5 Å². The van der Waals surface area contributed by atoms with Crippen molar-refractivity contribution in [2.45, 2.75) is 33.4 Å². The van der Waals surface area contributed by atoms with Gasteiger partial charge in [0.25, 0.3) is 0 Å². The molecule has 21 heavy (non-hydrogen) atoms. The van der Waals surface area contributed by atoms with E-state index in [2.05, 4.69) is 40.2 Å². The van der Waals surface area contributed by atoms with Crippen molar-refractivity contribution in [1.29, 1.82) is 0 Å². The van der Waals surface area contributed by atoms with Crippen LogP contribution in [0.5, 0.6) is 5.75 Å². The fourth-order valence-electron chi connectivity index (χ4n) is 2.18. The van der Waals surface area contributed by atoms with Crippen molar-refractivity contribution >= 4 is 33.2 Å². The summed E-state index contributed by atoms with van der Waals surface area (Å²) in [4.78, 5) is 0. The molecule has 4 nitrogen and oxygen atoms in total. The van der Waals surface area contributed by atoms with Gasteiger partial charge in [-0.3, -0.25) is 4.68 Å². The molecule has 0 radical (unpaired) electrons. The van der Waals surface area contributed by atoms with Crippen molar-refractivity contribution in [3.63, 3.8) is 0 Å². The third kappa shape index (κ3) is 3.52. The second-order valence-electron chi connectivity index (χ2n) is 4.57. The van der Waals surface area contributed by atoms with Gasteiger partial charge in [-0.25, -0.2) is 0 Å². The summed E-state index contributed by atoms with van der Waals surface area (Å²) in [5.41, 5.74) is 3.07. The number of rotatable bonds is 6. The zero-order chi connectivity index (χ0) is 15.4. The third-order valence-corrected chi connectivity index (χ3v) is 4.45. The number of benzene rings is 1. The lowest BCUT2D eigenvalue weighted by molar-refractivity contribution is 0.416. The number of anilines is 1. The quantitative estimate of drug-likeness (QED) is 0.811. The zero-order valence-corrected chi connectivity index (χ0v) is 14.8. The second-order valence-corrected chi connectivity index (χ2v) is 5.80. The minimum Gasteiger partial charge on any atom is -0.495 e. The molecule has 0 aliphatic heterocycles. The Morgan fingerprint density at radius 3 is 2.76 bits per heavy atom. The van der Waals surface area contributed by atoms with E-state index < -0.39 is 0 Å². The average Bonchev–Trinajstić information content (AvgIpc) is 2.80. The summed E-state index contributed by atoms with van der Waals surface area (Å²) < 4.78 is 8.42. The van der Waals surface area contributed by atoms with Gasteiger partial charge in [-0.1, -0.05) is 18.5 Å². The number of hydrogen-bond donors (Lipinski definition) is 1. The first kappa shape index (κ1) is 16.2. The molecule has 6 heteroatoms. The van der Waals surface area contributed by atoms with Crippen molar-refractivity contribution in [2.75, 3.05) is 12.4 Å². The van der Waals surface area contributed by atoms with Crippen LogP contribution in [0.1, 0.15) is 25.2 Å². The van der Waals surface area contributed by atoms with E-state index in [1.165, 1.54) is 0 Å². The van der Waals surface area contributed by atoms with Crippen molar-refractivity contribution < 1.29 is 4.74 Å². The Labute approximate surface area is 138 Å². The van der Waals surface area contributed by atoms with E-state index in [4.69, 9.17) is 16.3 Å². The van der Waals surface area contributed by atoms with Gasteiger partial charge < -0.3 is 10.1 Å². The lowest BCUT2D eigenvalue weighted by atomic mass is 10.2. The molecule has 1 heterocycles. The number of hydrogen-bond acceptors (Lipinski definition) is 3. The molecule has 0 aliphatic rings. The zero-order valence-electron chi connectivity index (χ0n) is 12.4. The van der Waals surface area contributed by atoms with Gasteiger partial charge in [-0.05, 0) is 47.5 Å². The summed E-state index contributed by atoms with van der Waals surface area (Å²) in [5.74, 6) is 0.772. The van der Waals surface area contributed by atoms with E-state index >= 15 is 0 Å². The van der Waals surface area contributed by atoms with Crippen molar-refractivity contribution in [1.82, 2.24) is 9.78 Å². The van der Waals surface area contributed by atoms with Crippen molar-refractivity contribution in [3.05, 3.63) is 39.1 Å². The predicted octanol–water partition coefficient (Wildman–Crippen LogP) is 4.50. The van der Waals surface area contributed by atoms with Gasteiger partial charge in [0.05, 0.1) is 35.2 Å². The monoisotopic (exact) mass is 371 g/mol. The molecule has 114 valence electrons. The first-order valence-electron chi connectivity index (χ1n) is 6.92. The van der Waals surface area contributed by atoms with Gasteiger partial charge in [-0.2, -0.15) is 5.10 Å². The summed E-state index contributed by atoms with van der Waals surface area (Å²) >= 11 is 9.70. The van der Waals surface area contributed by atoms with Gasteiger partial charge in [0.2, 0.25) is 0 Å². The number of halogens is 2. The Balaban J connectivity index is 2.24. The van der Waals surface area contributed by atoms with E-state index in [1.807, 2.05) is 22.9 Å². The van der Waals surface area contributed by atoms with Gasteiger partial charge in [0.15, 0.2) is 0 Å². The minimum absolute atomic E-state index is 0.651. The van der Waals surface area contributed by atoms with Crippen LogP contribution in [0.25, 0.3) is 0 Å². The SMILES string of the molecule is CCc1nn(CC)c(CNc2cc(Cl)ccc2OC)c1Br. The Hall–Kier alpha value is -1.20. The fraction of sp³-hybridized carbons (Fsp3) is 0.400. The van der Waals surface area contributed by atoms with Crippen LogP contribution in [0.3, 0.4) is 0 Å². The first-order chi connectivity index (χ1) is 10.1. The highest BCUT2D eigenvalue weighted by Crippen LogP contribution is 2.29. The molecule has 0 spiro atoms. The minimum atomic E-state index is 0.651. The van der Waals surface area contributed by atoms with Crippen LogP contribution in [0, 0.1) is 0 Å². The molecule has 0 amide bonds. The van der Waals surface area contributed by atoms with Crippen LogP contribution in [0.2, 0.25) is 5.02 Å². The summed E-state index contributed by atoms with van der Waals surface area (Å²) in [6.45, 7) is 5.67. The molecule has 0 aliphatic carbocycles. The normalized spacial score (nSPS) is 10.7. The predicted molar refractivity (Wildman–Crippen MR) is 90.3 cm³/mol. The van der Waals surface area contributed by atoms with Gasteiger partial charge in [0, 0.05) is 11.6 Å². The molecule has 2 rings (SSSR count). The molecule has 0 unspecified atom stereocenters. The number of methoxy groups -OCH3 is 1.